The third kappa shape index (κ3) is 4.10. The van der Waals surface area contributed by atoms with Gasteiger partial charge in [-0.25, -0.2) is 0 Å². The first-order valence-electron chi connectivity index (χ1n) is 17.5. The molecule has 0 bridgehead atoms. The molecule has 51 heavy (non-hydrogen) atoms. The van der Waals surface area contributed by atoms with E-state index in [-0.39, 0.29) is 0 Å². The van der Waals surface area contributed by atoms with Gasteiger partial charge in [0.1, 0.15) is 0 Å². The summed E-state index contributed by atoms with van der Waals surface area (Å²) in [5, 5.41) is 7.66. The Morgan fingerprint density at radius 3 is 1.75 bits per heavy atom. The lowest BCUT2D eigenvalue weighted by Gasteiger charge is -2.16. The fraction of sp³-hybridized carbons (Fsp3) is 0. The first kappa shape index (κ1) is 28.4. The van der Waals surface area contributed by atoms with Gasteiger partial charge in [0, 0.05) is 48.3 Å². The molecule has 0 saturated heterocycles. The fourth-order valence-corrected chi connectivity index (χ4v) is 9.66. The van der Waals surface area contributed by atoms with Gasteiger partial charge >= 0.3 is 0 Å². The van der Waals surface area contributed by atoms with E-state index in [1.165, 1.54) is 91.7 Å². The highest BCUT2D eigenvalue weighted by Crippen LogP contribution is 2.49. The van der Waals surface area contributed by atoms with Gasteiger partial charge in [0.25, 0.3) is 0 Å². The van der Waals surface area contributed by atoms with Gasteiger partial charge in [0.05, 0.1) is 32.5 Å². The van der Waals surface area contributed by atoms with Gasteiger partial charge < -0.3 is 9.13 Å². The van der Waals surface area contributed by atoms with Crippen LogP contribution in [0.1, 0.15) is 0 Å². The minimum atomic E-state index is 1.16. The molecule has 238 valence electrons. The van der Waals surface area contributed by atoms with Crippen LogP contribution in [-0.4, -0.2) is 9.13 Å². The lowest BCUT2D eigenvalue weighted by atomic mass is 9.88. The topological polar surface area (TPSA) is 9.86 Å². The van der Waals surface area contributed by atoms with E-state index in [2.05, 4.69) is 191 Å². The molecule has 8 aromatic carbocycles. The Bertz CT molecular complexity index is 3130. The Morgan fingerprint density at radius 1 is 0.353 bits per heavy atom. The van der Waals surface area contributed by atoms with E-state index < -0.39 is 0 Å². The number of aromatic nitrogens is 2. The van der Waals surface area contributed by atoms with Crippen LogP contribution in [0.3, 0.4) is 0 Å². The smallest absolute Gasteiger partial charge is 0.0640 e. The largest absolute Gasteiger partial charge is 0.309 e. The lowest BCUT2D eigenvalue weighted by Crippen LogP contribution is -1.95. The van der Waals surface area contributed by atoms with Gasteiger partial charge in [-0.15, -0.1) is 11.3 Å². The van der Waals surface area contributed by atoms with Crippen molar-refractivity contribution < 1.29 is 0 Å². The number of hydrogen-bond acceptors (Lipinski definition) is 1. The van der Waals surface area contributed by atoms with E-state index in [1.54, 1.807) is 0 Å². The van der Waals surface area contributed by atoms with Gasteiger partial charge in [-0.3, -0.25) is 0 Å². The molecule has 3 heteroatoms. The highest BCUT2D eigenvalue weighted by atomic mass is 32.1. The van der Waals surface area contributed by atoms with Gasteiger partial charge in [-0.1, -0.05) is 133 Å². The van der Waals surface area contributed by atoms with Crippen molar-refractivity contribution >= 4 is 75.1 Å². The van der Waals surface area contributed by atoms with Crippen LogP contribution in [0.4, 0.5) is 0 Å². The molecule has 11 rings (SSSR count). The van der Waals surface area contributed by atoms with Gasteiger partial charge in [-0.05, 0) is 65.2 Å². The number of hydrogen-bond donors (Lipinski definition) is 0. The monoisotopic (exact) mass is 666 g/mol. The second-order valence-electron chi connectivity index (χ2n) is 13.2. The molecule has 0 aliphatic carbocycles. The van der Waals surface area contributed by atoms with E-state index >= 15 is 0 Å². The molecular formula is C48H30N2S. The molecule has 0 saturated carbocycles. The van der Waals surface area contributed by atoms with E-state index in [4.69, 9.17) is 0 Å². The number of nitrogens with zero attached hydrogens (tertiary/aromatic N) is 2. The van der Waals surface area contributed by atoms with Crippen LogP contribution in [0.25, 0.3) is 97.4 Å². The zero-order valence-electron chi connectivity index (χ0n) is 27.6. The average Bonchev–Trinajstić information content (AvgIpc) is 3.86. The number of para-hydroxylation sites is 3. The van der Waals surface area contributed by atoms with Crippen LogP contribution in [0.15, 0.2) is 182 Å². The van der Waals surface area contributed by atoms with Gasteiger partial charge in [-0.2, -0.15) is 0 Å². The Balaban J connectivity index is 1.32. The molecule has 0 aliphatic rings. The Morgan fingerprint density at radius 2 is 0.941 bits per heavy atom. The second-order valence-corrected chi connectivity index (χ2v) is 14.3. The van der Waals surface area contributed by atoms with Crippen LogP contribution in [0.2, 0.25) is 0 Å². The predicted octanol–water partition coefficient (Wildman–Crippen LogP) is 13.6. The first-order valence-corrected chi connectivity index (χ1v) is 18.3. The summed E-state index contributed by atoms with van der Waals surface area (Å²) in [6, 6.07) is 66.6. The van der Waals surface area contributed by atoms with E-state index in [0.29, 0.717) is 0 Å². The average molecular weight is 667 g/mol. The lowest BCUT2D eigenvalue weighted by molar-refractivity contribution is 1.18. The third-order valence-corrected chi connectivity index (χ3v) is 11.7. The van der Waals surface area contributed by atoms with Crippen LogP contribution in [0.5, 0.6) is 0 Å². The molecule has 0 radical (unpaired) electrons. The van der Waals surface area contributed by atoms with Gasteiger partial charge in [0.15, 0.2) is 0 Å². The highest BCUT2D eigenvalue weighted by Gasteiger charge is 2.24. The summed E-state index contributed by atoms with van der Waals surface area (Å²) < 4.78 is 7.55. The first-order chi connectivity index (χ1) is 25.3. The molecule has 0 atom stereocenters. The summed E-state index contributed by atoms with van der Waals surface area (Å²) >= 11 is 1.88. The van der Waals surface area contributed by atoms with Crippen LogP contribution in [-0.2, 0) is 0 Å². The van der Waals surface area contributed by atoms with Crippen LogP contribution >= 0.6 is 11.3 Å². The Labute approximate surface area is 298 Å². The summed E-state index contributed by atoms with van der Waals surface area (Å²) in [6.07, 6.45) is 0. The summed E-state index contributed by atoms with van der Waals surface area (Å²) in [6.45, 7) is 0. The minimum Gasteiger partial charge on any atom is -0.309 e. The number of rotatable bonds is 4. The van der Waals surface area contributed by atoms with E-state index in [9.17, 15) is 0 Å². The van der Waals surface area contributed by atoms with Crippen molar-refractivity contribution in [3.05, 3.63) is 182 Å². The Hall–Kier alpha value is -6.42. The number of fused-ring (bicyclic) bond motifs is 9. The van der Waals surface area contributed by atoms with Crippen molar-refractivity contribution in [2.24, 2.45) is 0 Å². The SMILES string of the molecule is c1ccc(-c2ccc3c(c2-c2cccc4c2c2ccccc2n4-c2ccccc2)c2ccccc2n3-c2cccc3c2sc2ccccc23)cc1. The molecule has 0 fully saturated rings. The van der Waals surface area contributed by atoms with Crippen LogP contribution in [0, 0.1) is 0 Å². The minimum absolute atomic E-state index is 1.16. The maximum atomic E-state index is 2.51. The quantitative estimate of drug-likeness (QED) is 0.177. The van der Waals surface area contributed by atoms with E-state index in [0.717, 1.165) is 5.69 Å². The molecule has 0 amide bonds. The molecule has 0 N–H and O–H groups in total. The van der Waals surface area contributed by atoms with Crippen molar-refractivity contribution in [3.63, 3.8) is 0 Å². The molecule has 0 unspecified atom stereocenters. The standard InChI is InChI=1S/C48H30N2S/c1-3-15-31(16-4-1)33-29-30-42-47(37-21-8-11-25-40(37)50(42)43-27-13-22-35-34-19-9-12-28-44(34)51-48(35)43)46(33)38-23-14-26-41-45(38)36-20-7-10-24-39(36)49(41)32-17-5-2-6-18-32/h1-30H. The zero-order chi connectivity index (χ0) is 33.5. The van der Waals surface area contributed by atoms with Crippen molar-refractivity contribution in [2.45, 2.75) is 0 Å². The summed E-state index contributed by atoms with van der Waals surface area (Å²) in [5.74, 6) is 0. The van der Waals surface area contributed by atoms with E-state index in [1.807, 2.05) is 11.3 Å². The fourth-order valence-electron chi connectivity index (χ4n) is 8.45. The van der Waals surface area contributed by atoms with Crippen molar-refractivity contribution in [2.75, 3.05) is 0 Å². The maximum absolute atomic E-state index is 2.51. The summed E-state index contributed by atoms with van der Waals surface area (Å²) in [5.41, 5.74) is 12.2. The Kier molecular flexibility index (Phi) is 6.16. The number of thiophene rings is 1. The summed E-state index contributed by atoms with van der Waals surface area (Å²) in [7, 11) is 0. The highest BCUT2D eigenvalue weighted by molar-refractivity contribution is 7.26. The molecule has 0 aliphatic heterocycles. The van der Waals surface area contributed by atoms with Gasteiger partial charge in [0.2, 0.25) is 0 Å². The second kappa shape index (κ2) is 11.0. The maximum Gasteiger partial charge on any atom is 0.0640 e. The normalized spacial score (nSPS) is 11.9. The third-order valence-electron chi connectivity index (χ3n) is 10.5. The van der Waals surface area contributed by atoms with Crippen molar-refractivity contribution in [3.8, 4) is 33.6 Å². The predicted molar refractivity (Wildman–Crippen MR) is 219 cm³/mol. The summed E-state index contributed by atoms with van der Waals surface area (Å²) in [4.78, 5) is 0. The number of benzene rings is 8. The zero-order valence-corrected chi connectivity index (χ0v) is 28.4. The molecule has 3 heterocycles. The molecular weight excluding hydrogens is 637 g/mol. The van der Waals surface area contributed by atoms with Crippen LogP contribution < -0.4 is 0 Å². The molecule has 0 spiro atoms. The van der Waals surface area contributed by atoms with Crippen molar-refractivity contribution in [1.29, 1.82) is 0 Å². The van der Waals surface area contributed by atoms with Crippen molar-refractivity contribution in [1.82, 2.24) is 9.13 Å². The molecule has 2 nitrogen and oxygen atoms in total. The molecule has 11 aromatic rings. The molecule has 3 aromatic heterocycles.